The third-order valence-electron chi connectivity index (χ3n) is 4.78. The van der Waals surface area contributed by atoms with Crippen molar-refractivity contribution in [2.45, 2.75) is 32.1 Å². The van der Waals surface area contributed by atoms with Gasteiger partial charge in [0.1, 0.15) is 0 Å². The maximum absolute atomic E-state index is 4.28. The van der Waals surface area contributed by atoms with Crippen LogP contribution in [0, 0.1) is 12.1 Å². The Morgan fingerprint density at radius 3 is 2.74 bits per heavy atom. The number of piperidine rings is 1. The molecule has 3 nitrogen and oxygen atoms in total. The van der Waals surface area contributed by atoms with Crippen LogP contribution in [0.5, 0.6) is 0 Å². The van der Waals surface area contributed by atoms with Crippen LogP contribution < -0.4 is 0 Å². The van der Waals surface area contributed by atoms with Crippen molar-refractivity contribution in [3.63, 3.8) is 0 Å². The van der Waals surface area contributed by atoms with E-state index in [0.29, 0.717) is 5.41 Å². The molecule has 0 amide bonds. The maximum atomic E-state index is 4.28. The summed E-state index contributed by atoms with van der Waals surface area (Å²) >= 11 is 0. The van der Waals surface area contributed by atoms with E-state index < -0.39 is 0 Å². The molecule has 2 aromatic rings. The van der Waals surface area contributed by atoms with Crippen LogP contribution in [-0.4, -0.2) is 34.5 Å². The molecule has 1 aliphatic heterocycles. The first-order valence-corrected chi connectivity index (χ1v) is 8.33. The second kappa shape index (κ2) is 8.46. The van der Waals surface area contributed by atoms with Crippen LogP contribution in [0.15, 0.2) is 42.6 Å². The minimum absolute atomic E-state index is 0. The predicted molar refractivity (Wildman–Crippen MR) is 88.6 cm³/mol. The van der Waals surface area contributed by atoms with E-state index in [2.05, 4.69) is 51.4 Å². The molecule has 2 heterocycles. The monoisotopic (exact) mass is 383 g/mol. The van der Waals surface area contributed by atoms with E-state index >= 15 is 0 Å². The first-order chi connectivity index (χ1) is 10.9. The Balaban J connectivity index is 0.000000617. The molecule has 4 rings (SSSR count). The van der Waals surface area contributed by atoms with Crippen molar-refractivity contribution < 1.29 is 32.7 Å². The van der Waals surface area contributed by atoms with Gasteiger partial charge in [-0.15, -0.1) is 6.07 Å². The summed E-state index contributed by atoms with van der Waals surface area (Å²) in [6, 6.07) is 12.8. The van der Waals surface area contributed by atoms with Crippen molar-refractivity contribution in [3.05, 3.63) is 60.2 Å². The number of rotatable bonds is 4. The molecule has 1 unspecified atom stereocenters. The standard InChI is InChI=1S/C17H18N3.C2H6.Y/c1-2-5-14(6-3-1)17-11-15(17)12-20(13-17)10-7-16-18-8-4-9-19-16;1-2;/h1-6,8,15H,7,10-13H2;1-2H3;/q-1;;/t15-,17?;;/m1../s1. The van der Waals surface area contributed by atoms with Gasteiger partial charge in [0.05, 0.1) is 0 Å². The number of benzene rings is 1. The van der Waals surface area contributed by atoms with E-state index in [-0.39, 0.29) is 32.7 Å². The summed E-state index contributed by atoms with van der Waals surface area (Å²) in [5.74, 6) is 1.76. The fraction of sp³-hybridized carbons (Fsp3) is 0.474. The molecule has 0 spiro atoms. The van der Waals surface area contributed by atoms with E-state index in [1.807, 2.05) is 13.8 Å². The van der Waals surface area contributed by atoms with E-state index in [4.69, 9.17) is 0 Å². The molecular formula is C19H24N3Y-. The Labute approximate surface area is 164 Å². The average molecular weight is 383 g/mol. The van der Waals surface area contributed by atoms with E-state index in [9.17, 15) is 0 Å². The largest absolute Gasteiger partial charge is 0.373 e. The van der Waals surface area contributed by atoms with Crippen molar-refractivity contribution in [2.24, 2.45) is 5.92 Å². The number of hydrogen-bond acceptors (Lipinski definition) is 3. The van der Waals surface area contributed by atoms with Crippen LogP contribution >= 0.6 is 0 Å². The molecule has 1 radical (unpaired) electrons. The first-order valence-electron chi connectivity index (χ1n) is 8.33. The molecule has 1 saturated carbocycles. The zero-order chi connectivity index (χ0) is 15.4. The number of aromatic nitrogens is 2. The van der Waals surface area contributed by atoms with E-state index in [1.165, 1.54) is 25.1 Å². The SMILES string of the molecule is CC.[Y].[c-]1ccnc(CCN2C[C@H]3CC3(c3ccccc3)C2)n1. The summed E-state index contributed by atoms with van der Waals surface area (Å²) in [7, 11) is 0. The van der Waals surface area contributed by atoms with E-state index in [0.717, 1.165) is 24.7 Å². The molecule has 2 atom stereocenters. The third kappa shape index (κ3) is 4.07. The summed E-state index contributed by atoms with van der Waals surface area (Å²) in [6.45, 7) is 7.48. The van der Waals surface area contributed by atoms with Gasteiger partial charge in [-0.3, -0.25) is 0 Å². The van der Waals surface area contributed by atoms with Gasteiger partial charge < -0.3 is 14.9 Å². The molecule has 2 aliphatic rings. The molecule has 1 aromatic carbocycles. The van der Waals surface area contributed by atoms with Gasteiger partial charge in [-0.05, 0) is 30.9 Å². The van der Waals surface area contributed by atoms with Gasteiger partial charge in [0, 0.05) is 57.0 Å². The zero-order valence-electron chi connectivity index (χ0n) is 14.1. The van der Waals surface area contributed by atoms with Crippen LogP contribution in [0.3, 0.4) is 0 Å². The van der Waals surface area contributed by atoms with Gasteiger partial charge in [-0.1, -0.05) is 56.6 Å². The molecule has 4 heteroatoms. The Bertz CT molecular complexity index is 590. The molecule has 0 N–H and O–H groups in total. The summed E-state index contributed by atoms with van der Waals surface area (Å²) in [5.41, 5.74) is 1.97. The third-order valence-corrected chi connectivity index (χ3v) is 4.78. The molecular weight excluding hydrogens is 359 g/mol. The number of fused-ring (bicyclic) bond motifs is 1. The van der Waals surface area contributed by atoms with Crippen molar-refractivity contribution >= 4 is 0 Å². The maximum Gasteiger partial charge on any atom is 0.0148 e. The van der Waals surface area contributed by atoms with Crippen LogP contribution in [0.2, 0.25) is 0 Å². The quantitative estimate of drug-likeness (QED) is 0.760. The average Bonchev–Trinajstić information content (AvgIpc) is 3.19. The predicted octanol–water partition coefficient (Wildman–Crippen LogP) is 3.12. The molecule has 0 bridgehead atoms. The van der Waals surface area contributed by atoms with Crippen molar-refractivity contribution in [3.8, 4) is 0 Å². The van der Waals surface area contributed by atoms with Crippen LogP contribution in [-0.2, 0) is 44.5 Å². The smallest absolute Gasteiger partial charge is 0.0148 e. The number of hydrogen-bond donors (Lipinski definition) is 0. The fourth-order valence-corrected chi connectivity index (χ4v) is 3.65. The molecule has 1 aliphatic carbocycles. The Morgan fingerprint density at radius 1 is 1.26 bits per heavy atom. The van der Waals surface area contributed by atoms with Crippen molar-refractivity contribution in [1.29, 1.82) is 0 Å². The van der Waals surface area contributed by atoms with Gasteiger partial charge in [0.2, 0.25) is 0 Å². The molecule has 1 saturated heterocycles. The number of nitrogens with zero attached hydrogens (tertiary/aromatic N) is 3. The molecule has 2 fully saturated rings. The van der Waals surface area contributed by atoms with Crippen LogP contribution in [0.4, 0.5) is 0 Å². The molecule has 119 valence electrons. The van der Waals surface area contributed by atoms with Gasteiger partial charge in [-0.25, -0.2) is 0 Å². The summed E-state index contributed by atoms with van der Waals surface area (Å²) < 4.78 is 0. The Hall–Kier alpha value is -0.636. The van der Waals surface area contributed by atoms with Crippen LogP contribution in [0.1, 0.15) is 31.7 Å². The number of likely N-dealkylation sites (tertiary alicyclic amines) is 1. The van der Waals surface area contributed by atoms with Crippen LogP contribution in [0.25, 0.3) is 0 Å². The van der Waals surface area contributed by atoms with Gasteiger partial charge >= 0.3 is 0 Å². The second-order valence-corrected chi connectivity index (χ2v) is 6.01. The summed E-state index contributed by atoms with van der Waals surface area (Å²) in [5, 5.41) is 0. The Morgan fingerprint density at radius 2 is 2.04 bits per heavy atom. The first kappa shape index (κ1) is 18.7. The fourth-order valence-electron chi connectivity index (χ4n) is 3.65. The topological polar surface area (TPSA) is 29.0 Å². The second-order valence-electron chi connectivity index (χ2n) is 6.01. The summed E-state index contributed by atoms with van der Waals surface area (Å²) in [6.07, 6.45) is 6.92. The Kier molecular flexibility index (Phi) is 6.88. The van der Waals surface area contributed by atoms with Gasteiger partial charge in [0.15, 0.2) is 0 Å². The normalized spacial score (nSPS) is 24.9. The minimum Gasteiger partial charge on any atom is -0.373 e. The molecule has 1 aromatic heterocycles. The zero-order valence-corrected chi connectivity index (χ0v) is 16.9. The van der Waals surface area contributed by atoms with Gasteiger partial charge in [0.25, 0.3) is 0 Å². The van der Waals surface area contributed by atoms with Crippen molar-refractivity contribution in [2.75, 3.05) is 19.6 Å². The van der Waals surface area contributed by atoms with E-state index in [1.54, 1.807) is 12.3 Å². The summed E-state index contributed by atoms with van der Waals surface area (Å²) in [4.78, 5) is 11.0. The minimum atomic E-state index is 0. The van der Waals surface area contributed by atoms with Gasteiger partial charge in [-0.2, -0.15) is 0 Å². The van der Waals surface area contributed by atoms with Crippen molar-refractivity contribution in [1.82, 2.24) is 14.9 Å². The molecule has 23 heavy (non-hydrogen) atoms.